The molecule has 0 amide bonds. The molecule has 29 heavy (non-hydrogen) atoms. The fraction of sp³-hybridized carbons (Fsp3) is 0.0769. The summed E-state index contributed by atoms with van der Waals surface area (Å²) in [5.74, 6) is -0.819. The van der Waals surface area contributed by atoms with Gasteiger partial charge in [-0.25, -0.2) is 8.78 Å². The fourth-order valence-electron chi connectivity index (χ4n) is 3.43. The van der Waals surface area contributed by atoms with E-state index in [0.717, 1.165) is 22.3 Å². The molecule has 0 unspecified atom stereocenters. The molecule has 144 valence electrons. The van der Waals surface area contributed by atoms with Gasteiger partial charge in [0.2, 0.25) is 0 Å². The van der Waals surface area contributed by atoms with Crippen molar-refractivity contribution in [2.24, 2.45) is 0 Å². The summed E-state index contributed by atoms with van der Waals surface area (Å²) in [7, 11) is 0. The minimum absolute atomic E-state index is 0.123. The Morgan fingerprint density at radius 1 is 0.552 bits per heavy atom. The Balaban J connectivity index is 1.55. The third kappa shape index (κ3) is 4.35. The van der Waals surface area contributed by atoms with Crippen molar-refractivity contribution < 1.29 is 13.9 Å². The predicted octanol–water partition coefficient (Wildman–Crippen LogP) is 6.79. The van der Waals surface area contributed by atoms with Gasteiger partial charge < -0.3 is 5.11 Å². The average molecular weight is 386 g/mol. The van der Waals surface area contributed by atoms with Crippen molar-refractivity contribution in [2.45, 2.75) is 12.8 Å². The van der Waals surface area contributed by atoms with Crippen LogP contribution >= 0.6 is 0 Å². The highest BCUT2D eigenvalue weighted by atomic mass is 19.1. The third-order valence-electron chi connectivity index (χ3n) is 5.07. The van der Waals surface area contributed by atoms with E-state index >= 15 is 0 Å². The summed E-state index contributed by atoms with van der Waals surface area (Å²) in [5, 5.41) is 9.40. The van der Waals surface area contributed by atoms with E-state index in [2.05, 4.69) is 0 Å². The molecule has 4 aromatic rings. The molecule has 0 spiro atoms. The zero-order valence-corrected chi connectivity index (χ0v) is 15.8. The van der Waals surface area contributed by atoms with E-state index in [1.807, 2.05) is 66.7 Å². The van der Waals surface area contributed by atoms with E-state index in [0.29, 0.717) is 18.4 Å². The molecule has 0 radical (unpaired) electrons. The Morgan fingerprint density at radius 3 is 1.59 bits per heavy atom. The maximum atomic E-state index is 14.6. The van der Waals surface area contributed by atoms with Crippen molar-refractivity contribution in [3.05, 3.63) is 114 Å². The second-order valence-electron chi connectivity index (χ2n) is 7.03. The molecule has 0 aliphatic rings. The highest BCUT2D eigenvalue weighted by Gasteiger charge is 2.12. The average Bonchev–Trinajstić information content (AvgIpc) is 2.74. The van der Waals surface area contributed by atoms with Gasteiger partial charge in [-0.1, -0.05) is 66.7 Å². The van der Waals surface area contributed by atoms with E-state index in [4.69, 9.17) is 0 Å². The lowest BCUT2D eigenvalue weighted by Gasteiger charge is -2.10. The Hall–Kier alpha value is -3.46. The van der Waals surface area contributed by atoms with Gasteiger partial charge in [0.05, 0.1) is 0 Å². The van der Waals surface area contributed by atoms with Crippen molar-refractivity contribution in [3.63, 3.8) is 0 Å². The molecule has 0 bridgehead atoms. The first-order valence-corrected chi connectivity index (χ1v) is 9.52. The summed E-state index contributed by atoms with van der Waals surface area (Å²) in [6.07, 6.45) is 0.914. The number of aromatic hydroxyl groups is 1. The van der Waals surface area contributed by atoms with Gasteiger partial charge in [-0.15, -0.1) is 0 Å². The first-order valence-electron chi connectivity index (χ1n) is 9.52. The first-order chi connectivity index (χ1) is 14.1. The van der Waals surface area contributed by atoms with E-state index in [9.17, 15) is 13.9 Å². The minimum atomic E-state index is -0.515. The van der Waals surface area contributed by atoms with Crippen molar-refractivity contribution in [3.8, 4) is 28.0 Å². The molecule has 1 N–H and O–H groups in total. The van der Waals surface area contributed by atoms with Gasteiger partial charge in [-0.2, -0.15) is 0 Å². The highest BCUT2D eigenvalue weighted by Crippen LogP contribution is 2.28. The van der Waals surface area contributed by atoms with Crippen molar-refractivity contribution in [2.75, 3.05) is 0 Å². The summed E-state index contributed by atoms with van der Waals surface area (Å²) in [6, 6.07) is 26.9. The summed E-state index contributed by atoms with van der Waals surface area (Å²) < 4.78 is 29.2. The molecular weight excluding hydrogens is 366 g/mol. The molecule has 0 aromatic heterocycles. The molecule has 0 heterocycles. The molecule has 0 saturated heterocycles. The second-order valence-corrected chi connectivity index (χ2v) is 7.03. The van der Waals surface area contributed by atoms with Gasteiger partial charge in [0.1, 0.15) is 17.4 Å². The van der Waals surface area contributed by atoms with Crippen LogP contribution in [0.3, 0.4) is 0 Å². The van der Waals surface area contributed by atoms with Crippen LogP contribution < -0.4 is 0 Å². The van der Waals surface area contributed by atoms with Crippen LogP contribution in [-0.4, -0.2) is 5.11 Å². The minimum Gasteiger partial charge on any atom is -0.508 e. The van der Waals surface area contributed by atoms with E-state index in [1.165, 1.54) is 12.1 Å². The molecule has 4 aromatic carbocycles. The SMILES string of the molecule is Oc1ccc(-c2ccc(-c3cc(F)c(CCc4ccccc4)c(F)c3)cc2)cc1. The van der Waals surface area contributed by atoms with Crippen LogP contribution in [0.4, 0.5) is 8.78 Å². The Kier molecular flexibility index (Phi) is 5.39. The van der Waals surface area contributed by atoms with Crippen LogP contribution in [0.15, 0.2) is 91.0 Å². The number of hydrogen-bond acceptors (Lipinski definition) is 1. The van der Waals surface area contributed by atoms with E-state index < -0.39 is 11.6 Å². The van der Waals surface area contributed by atoms with E-state index in [-0.39, 0.29) is 11.3 Å². The lowest BCUT2D eigenvalue weighted by molar-refractivity contribution is 0.475. The molecule has 4 rings (SSSR count). The molecule has 0 aliphatic heterocycles. The van der Waals surface area contributed by atoms with Gasteiger partial charge in [-0.05, 0) is 64.9 Å². The maximum Gasteiger partial charge on any atom is 0.129 e. The smallest absolute Gasteiger partial charge is 0.129 e. The number of hydrogen-bond donors (Lipinski definition) is 1. The summed E-state index contributed by atoms with van der Waals surface area (Å²) in [5.41, 5.74) is 4.37. The van der Waals surface area contributed by atoms with Crippen LogP contribution in [0.2, 0.25) is 0 Å². The molecule has 1 nitrogen and oxygen atoms in total. The zero-order valence-electron chi connectivity index (χ0n) is 15.8. The third-order valence-corrected chi connectivity index (χ3v) is 5.07. The molecule has 3 heteroatoms. The number of benzene rings is 4. The fourth-order valence-corrected chi connectivity index (χ4v) is 3.43. The molecule has 0 saturated carbocycles. The Labute approximate surface area is 168 Å². The monoisotopic (exact) mass is 386 g/mol. The zero-order chi connectivity index (χ0) is 20.2. The lowest BCUT2D eigenvalue weighted by Crippen LogP contribution is -2.00. The number of aryl methyl sites for hydroxylation is 1. The molecule has 0 aliphatic carbocycles. The van der Waals surface area contributed by atoms with E-state index in [1.54, 1.807) is 12.1 Å². The summed E-state index contributed by atoms with van der Waals surface area (Å²) in [6.45, 7) is 0. The molecule has 0 atom stereocenters. The number of halogens is 2. The molecular formula is C26H20F2O. The second kappa shape index (κ2) is 8.27. The largest absolute Gasteiger partial charge is 0.508 e. The normalized spacial score (nSPS) is 10.8. The van der Waals surface area contributed by atoms with Crippen molar-refractivity contribution in [1.29, 1.82) is 0 Å². The number of phenols is 1. The summed E-state index contributed by atoms with van der Waals surface area (Å²) >= 11 is 0. The van der Waals surface area contributed by atoms with Crippen LogP contribution in [-0.2, 0) is 12.8 Å². The topological polar surface area (TPSA) is 20.2 Å². The first kappa shape index (κ1) is 18.9. The number of phenolic OH excluding ortho intramolecular Hbond substituents is 1. The quantitative estimate of drug-likeness (QED) is 0.400. The lowest BCUT2D eigenvalue weighted by atomic mass is 9.97. The van der Waals surface area contributed by atoms with Gasteiger partial charge in [-0.3, -0.25) is 0 Å². The van der Waals surface area contributed by atoms with Crippen LogP contribution in [0, 0.1) is 11.6 Å². The van der Waals surface area contributed by atoms with Crippen LogP contribution in [0.1, 0.15) is 11.1 Å². The van der Waals surface area contributed by atoms with Crippen molar-refractivity contribution in [1.82, 2.24) is 0 Å². The molecule has 0 fully saturated rings. The maximum absolute atomic E-state index is 14.6. The Bertz CT molecular complexity index is 1080. The standard InChI is InChI=1S/C26H20F2O/c27-25-16-22(17-26(28)24(25)15-6-18-4-2-1-3-5-18)21-9-7-19(8-10-21)20-11-13-23(29)14-12-20/h1-5,7-14,16-17,29H,6,15H2. The van der Waals surface area contributed by atoms with Crippen molar-refractivity contribution >= 4 is 0 Å². The van der Waals surface area contributed by atoms with Crippen LogP contribution in [0.25, 0.3) is 22.3 Å². The van der Waals surface area contributed by atoms with Gasteiger partial charge in [0.25, 0.3) is 0 Å². The predicted molar refractivity (Wildman–Crippen MR) is 113 cm³/mol. The summed E-state index contributed by atoms with van der Waals surface area (Å²) in [4.78, 5) is 0. The van der Waals surface area contributed by atoms with Crippen LogP contribution in [0.5, 0.6) is 5.75 Å². The van der Waals surface area contributed by atoms with Gasteiger partial charge in [0, 0.05) is 5.56 Å². The number of rotatable bonds is 5. The van der Waals surface area contributed by atoms with Gasteiger partial charge in [0.15, 0.2) is 0 Å². The highest BCUT2D eigenvalue weighted by molar-refractivity contribution is 5.71. The van der Waals surface area contributed by atoms with Gasteiger partial charge >= 0.3 is 0 Å². The Morgan fingerprint density at radius 2 is 1.03 bits per heavy atom.